The van der Waals surface area contributed by atoms with Crippen molar-refractivity contribution in [2.45, 2.75) is 20.0 Å². The molecular formula is C12H22N2O3S. The molecule has 1 rings (SSSR count). The standard InChI is InChI=1S/C12H22N2O3S/c1-4-13-9-11-5-7-17-12(11)10-14(2)6-8-18(3,15)16/h5,7,13H,4,6,8-10H2,1-3H3. The lowest BCUT2D eigenvalue weighted by Gasteiger charge is -2.15. The van der Waals surface area contributed by atoms with Gasteiger partial charge in [-0.05, 0) is 19.7 Å². The summed E-state index contributed by atoms with van der Waals surface area (Å²) in [5, 5.41) is 3.25. The largest absolute Gasteiger partial charge is 0.468 e. The molecule has 0 aliphatic heterocycles. The van der Waals surface area contributed by atoms with Gasteiger partial charge in [-0.15, -0.1) is 0 Å². The fraction of sp³-hybridized carbons (Fsp3) is 0.667. The van der Waals surface area contributed by atoms with Gasteiger partial charge in [-0.3, -0.25) is 4.90 Å². The number of hydrogen-bond donors (Lipinski definition) is 1. The monoisotopic (exact) mass is 274 g/mol. The average molecular weight is 274 g/mol. The van der Waals surface area contributed by atoms with Gasteiger partial charge in [0, 0.05) is 24.9 Å². The van der Waals surface area contributed by atoms with Crippen molar-refractivity contribution in [1.29, 1.82) is 0 Å². The van der Waals surface area contributed by atoms with Crippen molar-refractivity contribution in [3.8, 4) is 0 Å². The summed E-state index contributed by atoms with van der Waals surface area (Å²) in [4.78, 5) is 1.95. The molecule has 1 aromatic rings. The van der Waals surface area contributed by atoms with Crippen LogP contribution < -0.4 is 5.32 Å². The molecule has 0 atom stereocenters. The van der Waals surface area contributed by atoms with Gasteiger partial charge in [0.2, 0.25) is 0 Å². The highest BCUT2D eigenvalue weighted by Crippen LogP contribution is 2.12. The summed E-state index contributed by atoms with van der Waals surface area (Å²) in [5.41, 5.74) is 1.13. The Bertz CT molecular complexity index is 454. The van der Waals surface area contributed by atoms with Crippen molar-refractivity contribution in [3.63, 3.8) is 0 Å². The van der Waals surface area contributed by atoms with Gasteiger partial charge in [0.1, 0.15) is 15.6 Å². The number of nitrogens with one attached hydrogen (secondary N) is 1. The van der Waals surface area contributed by atoms with Crippen molar-refractivity contribution in [2.75, 3.05) is 32.1 Å². The van der Waals surface area contributed by atoms with Crippen LogP contribution in [0.25, 0.3) is 0 Å². The Kier molecular flexibility index (Phi) is 5.84. The zero-order valence-corrected chi connectivity index (χ0v) is 12.1. The Morgan fingerprint density at radius 2 is 2.17 bits per heavy atom. The third-order valence-corrected chi connectivity index (χ3v) is 3.58. The van der Waals surface area contributed by atoms with Crippen LogP contribution in [0.5, 0.6) is 0 Å². The van der Waals surface area contributed by atoms with Gasteiger partial charge in [0.05, 0.1) is 18.6 Å². The van der Waals surface area contributed by atoms with Gasteiger partial charge in [0.25, 0.3) is 0 Å². The maximum absolute atomic E-state index is 11.1. The van der Waals surface area contributed by atoms with E-state index in [1.54, 1.807) is 6.26 Å². The number of nitrogens with zero attached hydrogens (tertiary/aromatic N) is 1. The lowest BCUT2D eigenvalue weighted by atomic mass is 10.2. The first-order valence-corrected chi connectivity index (χ1v) is 8.10. The molecule has 1 heterocycles. The summed E-state index contributed by atoms with van der Waals surface area (Å²) in [6.07, 6.45) is 2.93. The van der Waals surface area contributed by atoms with Crippen molar-refractivity contribution < 1.29 is 12.8 Å². The number of hydrogen-bond acceptors (Lipinski definition) is 5. The minimum atomic E-state index is -2.91. The van der Waals surface area contributed by atoms with E-state index in [2.05, 4.69) is 12.2 Å². The smallest absolute Gasteiger partial charge is 0.148 e. The van der Waals surface area contributed by atoms with E-state index in [0.29, 0.717) is 13.1 Å². The molecule has 1 N–H and O–H groups in total. The summed E-state index contributed by atoms with van der Waals surface area (Å²) < 4.78 is 27.6. The molecule has 0 unspecified atom stereocenters. The minimum Gasteiger partial charge on any atom is -0.468 e. The SMILES string of the molecule is CCNCc1ccoc1CN(C)CCS(C)(=O)=O. The molecule has 0 spiro atoms. The molecule has 6 heteroatoms. The predicted octanol–water partition coefficient (Wildman–Crippen LogP) is 0.866. The fourth-order valence-corrected chi connectivity index (χ4v) is 2.21. The Hall–Kier alpha value is -0.850. The van der Waals surface area contributed by atoms with Gasteiger partial charge in [-0.1, -0.05) is 6.92 Å². The lowest BCUT2D eigenvalue weighted by molar-refractivity contribution is 0.307. The van der Waals surface area contributed by atoms with Gasteiger partial charge in [-0.2, -0.15) is 0 Å². The number of sulfone groups is 1. The molecule has 5 nitrogen and oxygen atoms in total. The second-order valence-electron chi connectivity index (χ2n) is 4.52. The van der Waals surface area contributed by atoms with Crippen LogP contribution in [-0.2, 0) is 22.9 Å². The van der Waals surface area contributed by atoms with E-state index in [1.165, 1.54) is 6.26 Å². The van der Waals surface area contributed by atoms with E-state index in [-0.39, 0.29) is 5.75 Å². The molecule has 0 saturated heterocycles. The van der Waals surface area contributed by atoms with Crippen LogP contribution in [0.2, 0.25) is 0 Å². The molecular weight excluding hydrogens is 252 g/mol. The number of rotatable bonds is 8. The molecule has 0 radical (unpaired) electrons. The summed E-state index contributed by atoms with van der Waals surface area (Å²) in [5.74, 6) is 1.07. The number of furan rings is 1. The molecule has 18 heavy (non-hydrogen) atoms. The molecule has 104 valence electrons. The maximum atomic E-state index is 11.1. The molecule has 0 aliphatic carbocycles. The molecule has 1 aromatic heterocycles. The van der Waals surface area contributed by atoms with Gasteiger partial charge >= 0.3 is 0 Å². The second kappa shape index (κ2) is 6.92. The Labute approximate surface area is 109 Å². The van der Waals surface area contributed by atoms with Crippen LogP contribution in [0.4, 0.5) is 0 Å². The van der Waals surface area contributed by atoms with Crippen molar-refractivity contribution in [2.24, 2.45) is 0 Å². The van der Waals surface area contributed by atoms with Gasteiger partial charge in [-0.25, -0.2) is 8.42 Å². The van der Waals surface area contributed by atoms with Gasteiger partial charge in [0.15, 0.2) is 0 Å². The first-order chi connectivity index (χ1) is 8.42. The third kappa shape index (κ3) is 5.66. The highest BCUT2D eigenvalue weighted by atomic mass is 32.2. The molecule has 0 fully saturated rings. The molecule has 0 bridgehead atoms. The van der Waals surface area contributed by atoms with Crippen LogP contribution in [0, 0.1) is 0 Å². The lowest BCUT2D eigenvalue weighted by Crippen LogP contribution is -2.25. The maximum Gasteiger partial charge on any atom is 0.148 e. The van der Waals surface area contributed by atoms with E-state index >= 15 is 0 Å². The topological polar surface area (TPSA) is 62.6 Å². The first kappa shape index (κ1) is 15.2. The average Bonchev–Trinajstić information content (AvgIpc) is 2.70. The van der Waals surface area contributed by atoms with Crippen LogP contribution in [0.15, 0.2) is 16.7 Å². The summed E-state index contributed by atoms with van der Waals surface area (Å²) in [6, 6.07) is 1.95. The van der Waals surface area contributed by atoms with E-state index in [4.69, 9.17) is 4.42 Å². The summed E-state index contributed by atoms with van der Waals surface area (Å²) in [7, 11) is -1.01. The van der Waals surface area contributed by atoms with E-state index < -0.39 is 9.84 Å². The van der Waals surface area contributed by atoms with Crippen molar-refractivity contribution in [1.82, 2.24) is 10.2 Å². The Morgan fingerprint density at radius 3 is 2.78 bits per heavy atom. The predicted molar refractivity (Wildman–Crippen MR) is 72.1 cm³/mol. The zero-order chi connectivity index (χ0) is 13.6. The fourth-order valence-electron chi connectivity index (χ4n) is 1.57. The van der Waals surface area contributed by atoms with Crippen molar-refractivity contribution >= 4 is 9.84 Å². The highest BCUT2D eigenvalue weighted by molar-refractivity contribution is 7.90. The van der Waals surface area contributed by atoms with Crippen molar-refractivity contribution in [3.05, 3.63) is 23.7 Å². The summed E-state index contributed by atoms with van der Waals surface area (Å²) in [6.45, 7) is 4.89. The van der Waals surface area contributed by atoms with Crippen LogP contribution >= 0.6 is 0 Å². The minimum absolute atomic E-state index is 0.173. The first-order valence-electron chi connectivity index (χ1n) is 6.04. The quantitative estimate of drug-likeness (QED) is 0.762. The van der Waals surface area contributed by atoms with Crippen LogP contribution in [0.3, 0.4) is 0 Å². The zero-order valence-electron chi connectivity index (χ0n) is 11.3. The van der Waals surface area contributed by atoms with Crippen LogP contribution in [0.1, 0.15) is 18.2 Å². The molecule has 0 aliphatic rings. The van der Waals surface area contributed by atoms with Crippen LogP contribution in [-0.4, -0.2) is 45.5 Å². The third-order valence-electron chi connectivity index (χ3n) is 2.66. The Balaban J connectivity index is 2.48. The molecule has 0 saturated carbocycles. The highest BCUT2D eigenvalue weighted by Gasteiger charge is 2.11. The molecule has 0 aromatic carbocycles. The summed E-state index contributed by atoms with van der Waals surface area (Å²) >= 11 is 0. The van der Waals surface area contributed by atoms with E-state index in [1.807, 2.05) is 18.0 Å². The normalized spacial score (nSPS) is 12.2. The molecule has 0 amide bonds. The second-order valence-corrected chi connectivity index (χ2v) is 6.78. The van der Waals surface area contributed by atoms with E-state index in [9.17, 15) is 8.42 Å². The van der Waals surface area contributed by atoms with Gasteiger partial charge < -0.3 is 9.73 Å². The Morgan fingerprint density at radius 1 is 1.44 bits per heavy atom. The van der Waals surface area contributed by atoms with E-state index in [0.717, 1.165) is 24.4 Å².